The van der Waals surface area contributed by atoms with Crippen LogP contribution in [0.3, 0.4) is 0 Å². The quantitative estimate of drug-likeness (QED) is 0.374. The van der Waals surface area contributed by atoms with Crippen LogP contribution in [0.4, 0.5) is 0 Å². The molecule has 0 aliphatic rings. The van der Waals surface area contributed by atoms with Crippen molar-refractivity contribution in [3.8, 4) is 0 Å². The standard InChI is InChI=1S/C8H19NO3/c1-8(6-11,7-12)5-9-3-2-4-10/h9-12H,2-7H2,1H3. The highest BCUT2D eigenvalue weighted by molar-refractivity contribution is 4.74. The molecule has 0 spiro atoms. The van der Waals surface area contributed by atoms with Crippen molar-refractivity contribution in [3.05, 3.63) is 0 Å². The molecule has 0 atom stereocenters. The van der Waals surface area contributed by atoms with Crippen LogP contribution >= 0.6 is 0 Å². The van der Waals surface area contributed by atoms with Crippen molar-refractivity contribution in [1.29, 1.82) is 0 Å². The van der Waals surface area contributed by atoms with Crippen molar-refractivity contribution in [2.24, 2.45) is 5.41 Å². The summed E-state index contributed by atoms with van der Waals surface area (Å²) in [5, 5.41) is 29.3. The van der Waals surface area contributed by atoms with Crippen molar-refractivity contribution in [2.75, 3.05) is 32.9 Å². The smallest absolute Gasteiger partial charge is 0.0518 e. The molecule has 0 bridgehead atoms. The third-order valence-corrected chi connectivity index (χ3v) is 1.83. The first kappa shape index (κ1) is 11.8. The zero-order valence-electron chi connectivity index (χ0n) is 7.58. The first-order chi connectivity index (χ1) is 5.68. The molecule has 0 unspecified atom stereocenters. The highest BCUT2D eigenvalue weighted by Crippen LogP contribution is 2.11. The average Bonchev–Trinajstić information content (AvgIpc) is 2.12. The lowest BCUT2D eigenvalue weighted by atomic mass is 9.93. The van der Waals surface area contributed by atoms with Crippen LogP contribution in [-0.4, -0.2) is 48.2 Å². The number of aliphatic hydroxyl groups is 3. The third-order valence-electron chi connectivity index (χ3n) is 1.83. The molecule has 4 heteroatoms. The van der Waals surface area contributed by atoms with Gasteiger partial charge in [0.15, 0.2) is 0 Å². The molecule has 12 heavy (non-hydrogen) atoms. The van der Waals surface area contributed by atoms with Gasteiger partial charge in [-0.25, -0.2) is 0 Å². The maximum absolute atomic E-state index is 8.89. The Kier molecular flexibility index (Phi) is 6.28. The van der Waals surface area contributed by atoms with Crippen LogP contribution in [0.15, 0.2) is 0 Å². The topological polar surface area (TPSA) is 72.7 Å². The largest absolute Gasteiger partial charge is 0.396 e. The van der Waals surface area contributed by atoms with Crippen LogP contribution in [-0.2, 0) is 0 Å². The van der Waals surface area contributed by atoms with E-state index < -0.39 is 5.41 Å². The fourth-order valence-electron chi connectivity index (χ4n) is 0.756. The minimum absolute atomic E-state index is 0.0321. The molecule has 0 heterocycles. The van der Waals surface area contributed by atoms with E-state index in [2.05, 4.69) is 5.32 Å². The molecule has 0 fully saturated rings. The lowest BCUT2D eigenvalue weighted by Gasteiger charge is -2.24. The van der Waals surface area contributed by atoms with Gasteiger partial charge in [0.1, 0.15) is 0 Å². The van der Waals surface area contributed by atoms with Crippen molar-refractivity contribution < 1.29 is 15.3 Å². The van der Waals surface area contributed by atoms with E-state index in [0.717, 1.165) is 0 Å². The fraction of sp³-hybridized carbons (Fsp3) is 1.00. The Morgan fingerprint density at radius 2 is 1.75 bits per heavy atom. The molecule has 4 nitrogen and oxygen atoms in total. The summed E-state index contributed by atoms with van der Waals surface area (Å²) in [7, 11) is 0. The zero-order chi connectivity index (χ0) is 9.45. The highest BCUT2D eigenvalue weighted by Gasteiger charge is 2.21. The molecule has 74 valence electrons. The van der Waals surface area contributed by atoms with Crippen LogP contribution in [0.5, 0.6) is 0 Å². The van der Waals surface area contributed by atoms with Gasteiger partial charge in [0.05, 0.1) is 13.2 Å². The predicted molar refractivity (Wildman–Crippen MR) is 46.9 cm³/mol. The minimum Gasteiger partial charge on any atom is -0.396 e. The summed E-state index contributed by atoms with van der Waals surface area (Å²) in [5.74, 6) is 0. The lowest BCUT2D eigenvalue weighted by Crippen LogP contribution is -2.38. The Morgan fingerprint density at radius 1 is 1.17 bits per heavy atom. The van der Waals surface area contributed by atoms with Gasteiger partial charge in [0.25, 0.3) is 0 Å². The second kappa shape index (κ2) is 6.37. The minimum atomic E-state index is -0.449. The van der Waals surface area contributed by atoms with Gasteiger partial charge in [-0.1, -0.05) is 6.92 Å². The predicted octanol–water partition coefficient (Wildman–Crippen LogP) is -1.05. The summed E-state index contributed by atoms with van der Waals surface area (Å²) < 4.78 is 0. The Morgan fingerprint density at radius 3 is 2.17 bits per heavy atom. The molecule has 0 aliphatic heterocycles. The average molecular weight is 177 g/mol. The molecule has 0 amide bonds. The van der Waals surface area contributed by atoms with Crippen LogP contribution in [0.2, 0.25) is 0 Å². The van der Waals surface area contributed by atoms with Gasteiger partial charge in [0, 0.05) is 18.6 Å². The van der Waals surface area contributed by atoms with Gasteiger partial charge in [0.2, 0.25) is 0 Å². The van der Waals surface area contributed by atoms with Crippen LogP contribution in [0.25, 0.3) is 0 Å². The van der Waals surface area contributed by atoms with Crippen molar-refractivity contribution in [2.45, 2.75) is 13.3 Å². The Labute approximate surface area is 73.2 Å². The molecule has 0 radical (unpaired) electrons. The van der Waals surface area contributed by atoms with Gasteiger partial charge in [-0.15, -0.1) is 0 Å². The van der Waals surface area contributed by atoms with Crippen LogP contribution in [0, 0.1) is 5.41 Å². The summed E-state index contributed by atoms with van der Waals surface area (Å²) in [5.41, 5.74) is -0.449. The molecule has 0 saturated carbocycles. The Bertz CT molecular complexity index is 104. The Hall–Kier alpha value is -0.160. The maximum Gasteiger partial charge on any atom is 0.0518 e. The summed E-state index contributed by atoms with van der Waals surface area (Å²) in [6.07, 6.45) is 0.701. The van der Waals surface area contributed by atoms with E-state index in [4.69, 9.17) is 15.3 Å². The fourth-order valence-corrected chi connectivity index (χ4v) is 0.756. The molecule has 0 aromatic rings. The molecular formula is C8H19NO3. The van der Waals surface area contributed by atoms with Gasteiger partial charge >= 0.3 is 0 Å². The van der Waals surface area contributed by atoms with E-state index in [9.17, 15) is 0 Å². The van der Waals surface area contributed by atoms with E-state index in [-0.39, 0.29) is 19.8 Å². The first-order valence-corrected chi connectivity index (χ1v) is 4.22. The first-order valence-electron chi connectivity index (χ1n) is 4.22. The molecule has 0 saturated heterocycles. The molecular weight excluding hydrogens is 158 g/mol. The van der Waals surface area contributed by atoms with E-state index in [1.165, 1.54) is 0 Å². The van der Waals surface area contributed by atoms with E-state index in [1.807, 2.05) is 0 Å². The van der Waals surface area contributed by atoms with E-state index in [1.54, 1.807) is 6.92 Å². The number of nitrogens with one attached hydrogen (secondary N) is 1. The van der Waals surface area contributed by atoms with Crippen LogP contribution < -0.4 is 5.32 Å². The van der Waals surface area contributed by atoms with Gasteiger partial charge in [-0.3, -0.25) is 0 Å². The second-order valence-electron chi connectivity index (χ2n) is 3.38. The van der Waals surface area contributed by atoms with Crippen molar-refractivity contribution >= 4 is 0 Å². The van der Waals surface area contributed by atoms with Gasteiger partial charge < -0.3 is 20.6 Å². The van der Waals surface area contributed by atoms with Crippen LogP contribution in [0.1, 0.15) is 13.3 Å². The van der Waals surface area contributed by atoms with Gasteiger partial charge in [-0.2, -0.15) is 0 Å². The molecule has 0 rings (SSSR count). The zero-order valence-corrected chi connectivity index (χ0v) is 7.58. The van der Waals surface area contributed by atoms with E-state index >= 15 is 0 Å². The maximum atomic E-state index is 8.89. The summed E-state index contributed by atoms with van der Waals surface area (Å²) >= 11 is 0. The molecule has 4 N–H and O–H groups in total. The normalized spacial score (nSPS) is 12.0. The molecule has 0 aliphatic carbocycles. The molecule has 0 aromatic heterocycles. The lowest BCUT2D eigenvalue weighted by molar-refractivity contribution is 0.0696. The van der Waals surface area contributed by atoms with Crippen molar-refractivity contribution in [3.63, 3.8) is 0 Å². The van der Waals surface area contributed by atoms with Crippen molar-refractivity contribution in [1.82, 2.24) is 5.32 Å². The van der Waals surface area contributed by atoms with Gasteiger partial charge in [-0.05, 0) is 13.0 Å². The Balaban J connectivity index is 3.45. The van der Waals surface area contributed by atoms with E-state index in [0.29, 0.717) is 19.5 Å². The number of rotatable bonds is 7. The molecule has 0 aromatic carbocycles. The third kappa shape index (κ3) is 4.66. The number of hydrogen-bond acceptors (Lipinski definition) is 4. The summed E-state index contributed by atoms with van der Waals surface area (Å²) in [6, 6.07) is 0. The monoisotopic (exact) mass is 177 g/mol. The summed E-state index contributed by atoms with van der Waals surface area (Å²) in [6.45, 7) is 3.19. The SMILES string of the molecule is CC(CO)(CO)CNCCCO. The highest BCUT2D eigenvalue weighted by atomic mass is 16.3. The number of hydrogen-bond donors (Lipinski definition) is 4. The number of aliphatic hydroxyl groups excluding tert-OH is 3. The summed E-state index contributed by atoms with van der Waals surface area (Å²) in [4.78, 5) is 0. The second-order valence-corrected chi connectivity index (χ2v) is 3.38.